The highest BCUT2D eigenvalue weighted by atomic mass is 16.5. The molecule has 1 amide bonds. The molecule has 3 N–H and O–H groups in total. The fraction of sp³-hybridized carbons (Fsp3) is 0.350. The van der Waals surface area contributed by atoms with Crippen LogP contribution in [0.4, 0.5) is 5.69 Å². The van der Waals surface area contributed by atoms with Gasteiger partial charge in [-0.25, -0.2) is 0 Å². The average molecular weight is 341 g/mol. The number of fused-ring (bicyclic) bond motifs is 3. The van der Waals surface area contributed by atoms with Crippen LogP contribution in [0.5, 0.6) is 5.75 Å². The summed E-state index contributed by atoms with van der Waals surface area (Å²) in [4.78, 5) is 12.3. The van der Waals surface area contributed by atoms with Gasteiger partial charge in [-0.05, 0) is 25.0 Å². The lowest BCUT2D eigenvalue weighted by molar-refractivity contribution is -0.679. The zero-order chi connectivity index (χ0) is 17.8. The van der Waals surface area contributed by atoms with E-state index in [-0.39, 0.29) is 5.91 Å². The van der Waals surface area contributed by atoms with Crippen LogP contribution in [-0.4, -0.2) is 25.6 Å². The molecule has 0 atom stereocenters. The van der Waals surface area contributed by atoms with E-state index >= 15 is 0 Å². The van der Waals surface area contributed by atoms with Gasteiger partial charge in [0.1, 0.15) is 16.9 Å². The van der Waals surface area contributed by atoms with E-state index in [1.165, 1.54) is 0 Å². The summed E-state index contributed by atoms with van der Waals surface area (Å²) in [5.41, 5.74) is 2.20. The van der Waals surface area contributed by atoms with Gasteiger partial charge in [0, 0.05) is 16.8 Å². The van der Waals surface area contributed by atoms with Crippen molar-refractivity contribution in [1.29, 1.82) is 0 Å². The molecule has 132 valence electrons. The van der Waals surface area contributed by atoms with Crippen molar-refractivity contribution in [3.05, 3.63) is 36.4 Å². The Morgan fingerprint density at radius 3 is 2.64 bits per heavy atom. The molecule has 0 aliphatic heterocycles. The van der Waals surface area contributed by atoms with Crippen LogP contribution < -0.4 is 15.4 Å². The van der Waals surface area contributed by atoms with Gasteiger partial charge in [-0.2, -0.15) is 0 Å². The number of quaternary nitrogens is 1. The molecule has 0 bridgehead atoms. The average Bonchev–Trinajstić information content (AvgIpc) is 2.99. The fourth-order valence-electron chi connectivity index (χ4n) is 3.11. The lowest BCUT2D eigenvalue weighted by Gasteiger charge is -2.13. The number of carbonyl (C=O) groups excluding carboxylic acids is 1. The van der Waals surface area contributed by atoms with Crippen molar-refractivity contribution in [3.8, 4) is 5.75 Å². The van der Waals surface area contributed by atoms with E-state index in [0.717, 1.165) is 34.8 Å². The molecular weight excluding hydrogens is 316 g/mol. The highest BCUT2D eigenvalue weighted by molar-refractivity contribution is 6.07. The standard InChI is InChI=1S/C20H24N2O3/c1-4-13(5-2)21-12-20(23)22-16-11-18-15(10-19(16)24-3)14-8-6-7-9-17(14)25-18/h6-11,13,21H,4-5,12H2,1-3H3,(H,22,23)/p+1. The Morgan fingerprint density at radius 1 is 1.16 bits per heavy atom. The number of furan rings is 1. The maximum Gasteiger partial charge on any atom is 0.279 e. The monoisotopic (exact) mass is 341 g/mol. The van der Waals surface area contributed by atoms with Gasteiger partial charge >= 0.3 is 0 Å². The maximum atomic E-state index is 12.3. The molecule has 5 nitrogen and oxygen atoms in total. The number of hydrogen-bond donors (Lipinski definition) is 2. The third kappa shape index (κ3) is 3.61. The molecule has 1 heterocycles. The molecule has 0 spiro atoms. The molecule has 3 rings (SSSR count). The van der Waals surface area contributed by atoms with Crippen LogP contribution in [0.3, 0.4) is 0 Å². The number of nitrogens with one attached hydrogen (secondary N) is 1. The molecule has 0 saturated heterocycles. The Balaban J connectivity index is 1.85. The summed E-state index contributed by atoms with van der Waals surface area (Å²) < 4.78 is 11.4. The molecule has 0 aliphatic rings. The zero-order valence-corrected chi connectivity index (χ0v) is 15.0. The van der Waals surface area contributed by atoms with Gasteiger partial charge < -0.3 is 19.8 Å². The molecule has 25 heavy (non-hydrogen) atoms. The van der Waals surface area contributed by atoms with Crippen molar-refractivity contribution in [2.45, 2.75) is 32.7 Å². The van der Waals surface area contributed by atoms with E-state index < -0.39 is 0 Å². The first-order valence-electron chi connectivity index (χ1n) is 8.78. The van der Waals surface area contributed by atoms with E-state index in [0.29, 0.717) is 24.0 Å². The van der Waals surface area contributed by atoms with Gasteiger partial charge in [0.25, 0.3) is 5.91 Å². The van der Waals surface area contributed by atoms with Crippen LogP contribution in [-0.2, 0) is 4.79 Å². The van der Waals surface area contributed by atoms with Crippen molar-refractivity contribution in [1.82, 2.24) is 0 Å². The molecule has 3 aromatic rings. The predicted molar refractivity (Wildman–Crippen MR) is 100 cm³/mol. The Morgan fingerprint density at radius 2 is 1.92 bits per heavy atom. The number of methoxy groups -OCH3 is 1. The molecule has 0 unspecified atom stereocenters. The third-order valence-electron chi connectivity index (χ3n) is 4.66. The van der Waals surface area contributed by atoms with Gasteiger partial charge in [-0.3, -0.25) is 4.79 Å². The minimum Gasteiger partial charge on any atom is -0.495 e. The summed E-state index contributed by atoms with van der Waals surface area (Å²) in [7, 11) is 1.61. The van der Waals surface area contributed by atoms with Gasteiger partial charge in [0.15, 0.2) is 6.54 Å². The van der Waals surface area contributed by atoms with Crippen molar-refractivity contribution in [3.63, 3.8) is 0 Å². The highest BCUT2D eigenvalue weighted by Crippen LogP contribution is 2.36. The molecule has 2 aromatic carbocycles. The van der Waals surface area contributed by atoms with E-state index in [4.69, 9.17) is 9.15 Å². The predicted octanol–water partition coefficient (Wildman–Crippen LogP) is 3.29. The Bertz CT molecular complexity index is 881. The molecule has 0 aliphatic carbocycles. The zero-order valence-electron chi connectivity index (χ0n) is 15.0. The normalized spacial score (nSPS) is 11.4. The van der Waals surface area contributed by atoms with E-state index in [2.05, 4.69) is 24.5 Å². The first-order chi connectivity index (χ1) is 12.2. The van der Waals surface area contributed by atoms with Crippen molar-refractivity contribution >= 4 is 33.5 Å². The second-order valence-electron chi connectivity index (χ2n) is 6.21. The van der Waals surface area contributed by atoms with Crippen LogP contribution in [0.25, 0.3) is 21.9 Å². The third-order valence-corrected chi connectivity index (χ3v) is 4.66. The largest absolute Gasteiger partial charge is 0.495 e. The number of benzene rings is 2. The Hall–Kier alpha value is -2.53. The first-order valence-corrected chi connectivity index (χ1v) is 8.78. The van der Waals surface area contributed by atoms with Gasteiger partial charge in [0.2, 0.25) is 0 Å². The number of anilines is 1. The van der Waals surface area contributed by atoms with Crippen LogP contribution >= 0.6 is 0 Å². The van der Waals surface area contributed by atoms with E-state index in [1.54, 1.807) is 7.11 Å². The van der Waals surface area contributed by atoms with Crippen molar-refractivity contribution < 1.29 is 19.3 Å². The lowest BCUT2D eigenvalue weighted by Crippen LogP contribution is -2.91. The van der Waals surface area contributed by atoms with E-state index in [9.17, 15) is 4.79 Å². The van der Waals surface area contributed by atoms with Crippen LogP contribution in [0, 0.1) is 0 Å². The minimum atomic E-state index is -0.0411. The van der Waals surface area contributed by atoms with Crippen LogP contribution in [0.1, 0.15) is 26.7 Å². The SMILES string of the molecule is CCC(CC)[NH2+]CC(=O)Nc1cc2oc3ccccc3c2cc1OC. The summed E-state index contributed by atoms with van der Waals surface area (Å²) in [6.07, 6.45) is 2.11. The molecule has 0 radical (unpaired) electrons. The number of ether oxygens (including phenoxy) is 1. The molecule has 5 heteroatoms. The summed E-state index contributed by atoms with van der Waals surface area (Å²) >= 11 is 0. The minimum absolute atomic E-state index is 0.0411. The topological polar surface area (TPSA) is 68.1 Å². The quantitative estimate of drug-likeness (QED) is 0.693. The first kappa shape index (κ1) is 17.3. The van der Waals surface area contributed by atoms with Crippen molar-refractivity contribution in [2.75, 3.05) is 19.0 Å². The number of amides is 1. The summed E-state index contributed by atoms with van der Waals surface area (Å²) in [5.74, 6) is 0.593. The summed E-state index contributed by atoms with van der Waals surface area (Å²) in [5, 5.41) is 7.05. The molecular formula is C20H25N2O3+. The highest BCUT2D eigenvalue weighted by Gasteiger charge is 2.15. The molecule has 0 fully saturated rings. The smallest absolute Gasteiger partial charge is 0.279 e. The lowest BCUT2D eigenvalue weighted by atomic mass is 10.1. The number of carbonyl (C=O) groups is 1. The fourth-order valence-corrected chi connectivity index (χ4v) is 3.11. The van der Waals surface area contributed by atoms with E-state index in [1.807, 2.05) is 36.4 Å². The second-order valence-corrected chi connectivity index (χ2v) is 6.21. The second kappa shape index (κ2) is 7.57. The Labute approximate surface area is 147 Å². The number of nitrogens with two attached hydrogens (primary N) is 1. The van der Waals surface area contributed by atoms with Crippen LogP contribution in [0.2, 0.25) is 0 Å². The van der Waals surface area contributed by atoms with Gasteiger partial charge in [-0.1, -0.05) is 32.0 Å². The maximum absolute atomic E-state index is 12.3. The number of hydrogen-bond acceptors (Lipinski definition) is 3. The molecule has 1 aromatic heterocycles. The Kier molecular flexibility index (Phi) is 5.24. The summed E-state index contributed by atoms with van der Waals surface area (Å²) in [6.45, 7) is 4.68. The molecule has 0 saturated carbocycles. The number of para-hydroxylation sites is 1. The summed E-state index contributed by atoms with van der Waals surface area (Å²) in [6, 6.07) is 12.1. The number of rotatable bonds is 7. The van der Waals surface area contributed by atoms with Gasteiger partial charge in [0.05, 0.1) is 18.8 Å². The van der Waals surface area contributed by atoms with Crippen molar-refractivity contribution in [2.24, 2.45) is 0 Å². The van der Waals surface area contributed by atoms with Crippen LogP contribution in [0.15, 0.2) is 40.8 Å². The van der Waals surface area contributed by atoms with Gasteiger partial charge in [-0.15, -0.1) is 0 Å².